The average molecular weight is 411 g/mol. The second kappa shape index (κ2) is 8.98. The van der Waals surface area contributed by atoms with Crippen molar-refractivity contribution in [3.05, 3.63) is 65.9 Å². The Bertz CT molecular complexity index is 1070. The van der Waals surface area contributed by atoms with Crippen LogP contribution in [0.2, 0.25) is 0 Å². The minimum atomic E-state index is -0.542. The quantitative estimate of drug-likeness (QED) is 0.379. The van der Waals surface area contributed by atoms with Gasteiger partial charge in [-0.2, -0.15) is 0 Å². The number of hydrogen-bond acceptors (Lipinski definition) is 7. The summed E-state index contributed by atoms with van der Waals surface area (Å²) < 4.78 is 4.59. The minimum absolute atomic E-state index is 0.256. The number of nitrogens with zero attached hydrogens (tertiary/aromatic N) is 2. The van der Waals surface area contributed by atoms with Gasteiger partial charge in [0.15, 0.2) is 0 Å². The maximum atomic E-state index is 10.4. The second-order valence-electron chi connectivity index (χ2n) is 6.76. The summed E-state index contributed by atoms with van der Waals surface area (Å²) in [5.74, 6) is 0. The zero-order valence-corrected chi connectivity index (χ0v) is 17.1. The first-order valence-electron chi connectivity index (χ1n) is 9.17. The molecule has 0 spiro atoms. The molecule has 0 saturated carbocycles. The van der Waals surface area contributed by atoms with Gasteiger partial charge in [-0.1, -0.05) is 12.1 Å². The zero-order chi connectivity index (χ0) is 19.3. The summed E-state index contributed by atoms with van der Waals surface area (Å²) in [6, 6.07) is 14.6. The van der Waals surface area contributed by atoms with Gasteiger partial charge in [-0.3, -0.25) is 9.71 Å². The molecule has 0 bridgehead atoms. The molecule has 4 rings (SSSR count). The Hall–Kier alpha value is -2.03. The Balaban J connectivity index is 1.24. The Labute approximate surface area is 172 Å². The Kier molecular flexibility index (Phi) is 6.19. The van der Waals surface area contributed by atoms with Gasteiger partial charge in [0.05, 0.1) is 21.8 Å². The van der Waals surface area contributed by atoms with Crippen LogP contribution in [0, 0.1) is 0 Å². The van der Waals surface area contributed by atoms with Gasteiger partial charge in [0, 0.05) is 41.8 Å². The van der Waals surface area contributed by atoms with E-state index in [0.717, 1.165) is 27.7 Å². The van der Waals surface area contributed by atoms with E-state index in [2.05, 4.69) is 45.1 Å². The van der Waals surface area contributed by atoms with Gasteiger partial charge >= 0.3 is 0 Å². The van der Waals surface area contributed by atoms with Crippen LogP contribution in [0.5, 0.6) is 0 Å². The molecule has 0 amide bonds. The molecule has 144 valence electrons. The van der Waals surface area contributed by atoms with Gasteiger partial charge in [0.1, 0.15) is 0 Å². The van der Waals surface area contributed by atoms with Gasteiger partial charge in [-0.15, -0.1) is 11.3 Å². The van der Waals surface area contributed by atoms with Crippen molar-refractivity contribution in [1.82, 2.24) is 20.0 Å². The minimum Gasteiger partial charge on any atom is -0.387 e. The molecule has 1 unspecified atom stereocenters. The topological polar surface area (TPSA) is 70.1 Å². The molecule has 0 aliphatic heterocycles. The highest BCUT2D eigenvalue weighted by atomic mass is 32.2. The molecule has 0 aliphatic rings. The number of benzene rings is 2. The first-order valence-corrected chi connectivity index (χ1v) is 10.9. The van der Waals surface area contributed by atoms with Crippen LogP contribution in [0.3, 0.4) is 0 Å². The number of aromatic nitrogens is 2. The summed E-state index contributed by atoms with van der Waals surface area (Å²) in [5.41, 5.74) is 3.67. The van der Waals surface area contributed by atoms with Crippen LogP contribution in [-0.2, 0) is 0 Å². The van der Waals surface area contributed by atoms with Crippen molar-refractivity contribution in [3.63, 3.8) is 0 Å². The summed E-state index contributed by atoms with van der Waals surface area (Å²) in [5, 5.41) is 16.1. The molecular weight excluding hydrogens is 388 g/mol. The van der Waals surface area contributed by atoms with Crippen molar-refractivity contribution in [3.8, 4) is 0 Å². The fourth-order valence-electron chi connectivity index (χ4n) is 2.97. The van der Waals surface area contributed by atoms with Gasteiger partial charge in [-0.25, -0.2) is 4.98 Å². The third-order valence-corrected chi connectivity index (χ3v) is 6.34. The van der Waals surface area contributed by atoms with Gasteiger partial charge in [0.2, 0.25) is 0 Å². The maximum Gasteiger partial charge on any atom is 0.0915 e. The molecule has 0 radical (unpaired) electrons. The predicted octanol–water partition coefficient (Wildman–Crippen LogP) is 4.15. The average Bonchev–Trinajstić information content (AvgIpc) is 3.20. The zero-order valence-electron chi connectivity index (χ0n) is 15.5. The number of rotatable bonds is 8. The van der Waals surface area contributed by atoms with Gasteiger partial charge < -0.3 is 10.4 Å². The number of aliphatic hydroxyl groups is 1. The van der Waals surface area contributed by atoms with Gasteiger partial charge in [0.25, 0.3) is 0 Å². The van der Waals surface area contributed by atoms with Crippen LogP contribution in [0.4, 0.5) is 0 Å². The molecular formula is C21H22N4OS2. The van der Waals surface area contributed by atoms with E-state index < -0.39 is 6.10 Å². The number of fused-ring (bicyclic) bond motifs is 2. The molecule has 2 heterocycles. The van der Waals surface area contributed by atoms with E-state index in [1.54, 1.807) is 23.3 Å². The lowest BCUT2D eigenvalue weighted by Crippen LogP contribution is -2.34. The van der Waals surface area contributed by atoms with Crippen LogP contribution in [0.1, 0.15) is 18.6 Å². The molecule has 0 saturated heterocycles. The molecule has 3 N–H and O–H groups in total. The maximum absolute atomic E-state index is 10.4. The van der Waals surface area contributed by atoms with Crippen molar-refractivity contribution in [2.24, 2.45) is 0 Å². The van der Waals surface area contributed by atoms with E-state index >= 15 is 0 Å². The number of aliphatic hydroxyl groups excluding tert-OH is 1. The highest BCUT2D eigenvalue weighted by molar-refractivity contribution is 7.97. The van der Waals surface area contributed by atoms with Crippen molar-refractivity contribution in [2.45, 2.75) is 24.0 Å². The molecule has 2 atom stereocenters. The number of hydrogen-bond donors (Lipinski definition) is 3. The van der Waals surface area contributed by atoms with Crippen molar-refractivity contribution in [1.29, 1.82) is 0 Å². The Morgan fingerprint density at radius 1 is 1.11 bits per heavy atom. The largest absolute Gasteiger partial charge is 0.387 e. The van der Waals surface area contributed by atoms with Crippen molar-refractivity contribution < 1.29 is 5.11 Å². The molecule has 2 aromatic heterocycles. The summed E-state index contributed by atoms with van der Waals surface area (Å²) in [6.07, 6.45) is 3.15. The van der Waals surface area contributed by atoms with Gasteiger partial charge in [-0.05, 0) is 60.2 Å². The third-order valence-electron chi connectivity index (χ3n) is 4.52. The molecule has 2 aromatic carbocycles. The third kappa shape index (κ3) is 4.68. The van der Waals surface area contributed by atoms with E-state index in [0.29, 0.717) is 6.54 Å². The highest BCUT2D eigenvalue weighted by Gasteiger charge is 2.10. The van der Waals surface area contributed by atoms with Crippen LogP contribution in [-0.4, -0.2) is 34.2 Å². The summed E-state index contributed by atoms with van der Waals surface area (Å²) in [7, 11) is 0. The Morgan fingerprint density at radius 3 is 2.96 bits per heavy atom. The fraction of sp³-hybridized carbons (Fsp3) is 0.238. The summed E-state index contributed by atoms with van der Waals surface area (Å²) >= 11 is 3.23. The highest BCUT2D eigenvalue weighted by Crippen LogP contribution is 2.23. The van der Waals surface area contributed by atoms with Crippen molar-refractivity contribution >= 4 is 44.3 Å². The van der Waals surface area contributed by atoms with Crippen LogP contribution in [0.25, 0.3) is 21.0 Å². The molecule has 0 fully saturated rings. The van der Waals surface area contributed by atoms with E-state index in [1.807, 2.05) is 42.2 Å². The Morgan fingerprint density at radius 2 is 2.04 bits per heavy atom. The van der Waals surface area contributed by atoms with E-state index in [9.17, 15) is 5.11 Å². The lowest BCUT2D eigenvalue weighted by atomic mass is 10.1. The van der Waals surface area contributed by atoms with E-state index in [1.165, 1.54) is 10.3 Å². The molecule has 4 aromatic rings. The monoisotopic (exact) mass is 410 g/mol. The molecule has 0 aliphatic carbocycles. The summed E-state index contributed by atoms with van der Waals surface area (Å²) in [6.45, 7) is 3.40. The number of pyridine rings is 1. The van der Waals surface area contributed by atoms with Crippen molar-refractivity contribution in [2.75, 3.05) is 13.1 Å². The smallest absolute Gasteiger partial charge is 0.0915 e. The molecule has 5 nitrogen and oxygen atoms in total. The number of nitrogens with one attached hydrogen (secondary N) is 2. The standard InChI is InChI=1S/C21H22N4OS2/c1-14(25-28-18-4-2-17-11-22-7-6-15(17)8-18)10-23-12-20(26)16-3-5-21-19(9-16)24-13-27-21/h2-9,11,13-14,20,23,25-26H,10,12H2,1H3/t14-,20?/m1/s1. The lowest BCUT2D eigenvalue weighted by molar-refractivity contribution is 0.174. The second-order valence-corrected chi connectivity index (χ2v) is 8.56. The fourth-order valence-corrected chi connectivity index (χ4v) is 4.37. The predicted molar refractivity (Wildman–Crippen MR) is 118 cm³/mol. The number of thiazole rings is 1. The summed E-state index contributed by atoms with van der Waals surface area (Å²) in [4.78, 5) is 9.63. The molecule has 28 heavy (non-hydrogen) atoms. The van der Waals surface area contributed by atoms with Crippen LogP contribution >= 0.6 is 23.3 Å². The molecule has 7 heteroatoms. The van der Waals surface area contributed by atoms with E-state index in [4.69, 9.17) is 0 Å². The normalized spacial score (nSPS) is 13.8. The first-order chi connectivity index (χ1) is 13.7. The van der Waals surface area contributed by atoms with Crippen LogP contribution < -0.4 is 10.0 Å². The first kappa shape index (κ1) is 19.3. The van der Waals surface area contributed by atoms with Crippen LogP contribution in [0.15, 0.2) is 65.3 Å². The lowest BCUT2D eigenvalue weighted by Gasteiger charge is -2.17. The SMILES string of the molecule is C[C@H](CNCC(O)c1ccc2scnc2c1)NSc1ccc2cnccc2c1. The van der Waals surface area contributed by atoms with E-state index in [-0.39, 0.29) is 6.04 Å².